The number of methoxy groups -OCH3 is 3. The van der Waals surface area contributed by atoms with Crippen LogP contribution in [0.25, 0.3) is 0 Å². The van der Waals surface area contributed by atoms with Crippen LogP contribution in [0.15, 0.2) is 12.1 Å². The van der Waals surface area contributed by atoms with E-state index in [1.165, 1.54) is 38.8 Å². The molecular formula is C16H19F3N2O6. The smallest absolute Gasteiger partial charge is 0.437 e. The molecule has 0 saturated carbocycles. The Morgan fingerprint density at radius 3 is 2.04 bits per heavy atom. The first-order valence-corrected chi connectivity index (χ1v) is 7.68. The second-order valence-electron chi connectivity index (χ2n) is 5.89. The summed E-state index contributed by atoms with van der Waals surface area (Å²) in [5, 5.41) is 13.9. The van der Waals surface area contributed by atoms with Crippen LogP contribution in [0.2, 0.25) is 0 Å². The maximum Gasteiger partial charge on any atom is 0.437 e. The Hall–Kier alpha value is -2.69. The van der Waals surface area contributed by atoms with Crippen LogP contribution in [0.1, 0.15) is 18.5 Å². The molecule has 2 amide bonds. The first-order valence-electron chi connectivity index (χ1n) is 7.68. The summed E-state index contributed by atoms with van der Waals surface area (Å²) < 4.78 is 55.9. The summed E-state index contributed by atoms with van der Waals surface area (Å²) >= 11 is 0. The van der Waals surface area contributed by atoms with Crippen molar-refractivity contribution in [1.29, 1.82) is 0 Å². The molecule has 3 atom stereocenters. The number of ketones is 1. The average Bonchev–Trinajstić information content (AvgIpc) is 2.58. The summed E-state index contributed by atoms with van der Waals surface area (Å²) in [4.78, 5) is 23.9. The Morgan fingerprint density at radius 1 is 1.15 bits per heavy atom. The van der Waals surface area contributed by atoms with E-state index in [2.05, 4.69) is 5.32 Å². The Kier molecular flexibility index (Phi) is 5.45. The van der Waals surface area contributed by atoms with Gasteiger partial charge in [-0.05, 0) is 24.6 Å². The van der Waals surface area contributed by atoms with Crippen molar-refractivity contribution >= 4 is 11.8 Å². The molecule has 1 heterocycles. The van der Waals surface area contributed by atoms with E-state index in [1.807, 2.05) is 0 Å². The van der Waals surface area contributed by atoms with Gasteiger partial charge in [0.05, 0.1) is 33.3 Å². The van der Waals surface area contributed by atoms with Crippen molar-refractivity contribution < 1.29 is 42.1 Å². The molecule has 1 aromatic rings. The van der Waals surface area contributed by atoms with Gasteiger partial charge in [-0.2, -0.15) is 13.2 Å². The van der Waals surface area contributed by atoms with Crippen LogP contribution < -0.4 is 24.8 Å². The number of rotatable bonds is 5. The summed E-state index contributed by atoms with van der Waals surface area (Å²) in [6, 6.07) is -0.197. The summed E-state index contributed by atoms with van der Waals surface area (Å²) in [5.74, 6) is -2.65. The molecule has 1 fully saturated rings. The largest absolute Gasteiger partial charge is 0.493 e. The minimum atomic E-state index is -5.29. The molecular weight excluding hydrogens is 373 g/mol. The fourth-order valence-corrected chi connectivity index (χ4v) is 3.09. The van der Waals surface area contributed by atoms with Gasteiger partial charge in [0.25, 0.3) is 0 Å². The maximum atomic E-state index is 13.5. The molecule has 0 unspecified atom stereocenters. The number of hydrogen-bond donors (Lipinski definition) is 3. The Morgan fingerprint density at radius 2 is 1.67 bits per heavy atom. The van der Waals surface area contributed by atoms with E-state index in [0.717, 1.165) is 6.92 Å². The van der Waals surface area contributed by atoms with Crippen molar-refractivity contribution in [2.75, 3.05) is 21.3 Å². The Balaban J connectivity index is 2.68. The molecule has 27 heavy (non-hydrogen) atoms. The van der Waals surface area contributed by atoms with E-state index >= 15 is 0 Å². The molecule has 1 aliphatic heterocycles. The van der Waals surface area contributed by atoms with Crippen molar-refractivity contribution in [3.8, 4) is 17.2 Å². The van der Waals surface area contributed by atoms with Crippen molar-refractivity contribution in [2.45, 2.75) is 24.9 Å². The minimum absolute atomic E-state index is 0.0576. The van der Waals surface area contributed by atoms with Gasteiger partial charge >= 0.3 is 12.2 Å². The number of Topliss-reactive ketones (excluding diaryl/α,β-unsaturated/α-hetero) is 1. The second-order valence-corrected chi connectivity index (χ2v) is 5.89. The molecule has 2 rings (SSSR count). The van der Waals surface area contributed by atoms with Crippen LogP contribution in [0.5, 0.6) is 17.2 Å². The predicted molar refractivity (Wildman–Crippen MR) is 85.7 cm³/mol. The number of urea groups is 1. The number of alkyl halides is 3. The van der Waals surface area contributed by atoms with Gasteiger partial charge in [0.2, 0.25) is 11.5 Å². The molecule has 1 saturated heterocycles. The number of hydrogen-bond acceptors (Lipinski definition) is 6. The third-order valence-corrected chi connectivity index (χ3v) is 4.29. The lowest BCUT2D eigenvalue weighted by Crippen LogP contribution is -2.72. The molecule has 0 aliphatic carbocycles. The van der Waals surface area contributed by atoms with E-state index in [9.17, 15) is 27.9 Å². The summed E-state index contributed by atoms with van der Waals surface area (Å²) in [6.45, 7) is 0.894. The van der Waals surface area contributed by atoms with Gasteiger partial charge < -0.3 is 30.0 Å². The van der Waals surface area contributed by atoms with Crippen LogP contribution in [0.4, 0.5) is 18.0 Å². The standard InChI is InChI=1S/C16H19F3N2O6/c1-7(22)11-12(20-14(23)21-15(11,24)16(17,18)19)8-5-9(25-2)13(27-4)10(6-8)26-3/h5-6,11-12,24H,1-4H3,(H2,20,21,23)/t11-,12+,15-/m1/s1. The number of amides is 2. The van der Waals surface area contributed by atoms with Crippen LogP contribution in [-0.4, -0.2) is 50.2 Å². The lowest BCUT2D eigenvalue weighted by molar-refractivity contribution is -0.290. The van der Waals surface area contributed by atoms with Crippen molar-refractivity contribution in [2.24, 2.45) is 5.92 Å². The van der Waals surface area contributed by atoms with Crippen LogP contribution in [0, 0.1) is 5.92 Å². The zero-order valence-corrected chi connectivity index (χ0v) is 14.9. The number of ether oxygens (including phenoxy) is 3. The molecule has 3 N–H and O–H groups in total. The van der Waals surface area contributed by atoms with Gasteiger partial charge in [-0.25, -0.2) is 4.79 Å². The van der Waals surface area contributed by atoms with E-state index in [1.54, 1.807) is 0 Å². The average molecular weight is 392 g/mol. The van der Waals surface area contributed by atoms with Crippen molar-refractivity contribution in [3.63, 3.8) is 0 Å². The lowest BCUT2D eigenvalue weighted by atomic mass is 9.79. The highest BCUT2D eigenvalue weighted by Crippen LogP contribution is 2.46. The zero-order chi connectivity index (χ0) is 20.6. The van der Waals surface area contributed by atoms with Crippen molar-refractivity contribution in [1.82, 2.24) is 10.6 Å². The highest BCUT2D eigenvalue weighted by atomic mass is 19.4. The highest BCUT2D eigenvalue weighted by Gasteiger charge is 2.65. The normalized spacial score (nSPS) is 25.3. The molecule has 0 bridgehead atoms. The topological polar surface area (TPSA) is 106 Å². The molecule has 1 aromatic carbocycles. The first kappa shape index (κ1) is 20.6. The molecule has 0 spiro atoms. The number of benzene rings is 1. The van der Waals surface area contributed by atoms with E-state index in [4.69, 9.17) is 14.2 Å². The third-order valence-electron chi connectivity index (χ3n) is 4.29. The van der Waals surface area contributed by atoms with Gasteiger partial charge in [-0.3, -0.25) is 4.79 Å². The molecule has 150 valence electrons. The van der Waals surface area contributed by atoms with Gasteiger partial charge in [0.1, 0.15) is 5.78 Å². The summed E-state index contributed by atoms with van der Waals surface area (Å²) in [7, 11) is 3.94. The molecule has 8 nitrogen and oxygen atoms in total. The SMILES string of the molecule is COc1cc([C@@H]2NC(=O)N[C@](O)(C(F)(F)F)[C@@H]2C(C)=O)cc(OC)c1OC. The summed E-state index contributed by atoms with van der Waals surface area (Å²) in [5.41, 5.74) is -3.69. The quantitative estimate of drug-likeness (QED) is 0.702. The third kappa shape index (κ3) is 3.46. The zero-order valence-electron chi connectivity index (χ0n) is 14.9. The summed E-state index contributed by atoms with van der Waals surface area (Å²) in [6.07, 6.45) is -5.29. The first-order chi connectivity index (χ1) is 12.5. The Bertz CT molecular complexity index is 729. The Labute approximate surface area is 152 Å². The number of halogens is 3. The predicted octanol–water partition coefficient (Wildman–Crippen LogP) is 1.52. The van der Waals surface area contributed by atoms with E-state index in [0.29, 0.717) is 0 Å². The highest BCUT2D eigenvalue weighted by molar-refractivity contribution is 5.86. The van der Waals surface area contributed by atoms with Gasteiger partial charge in [0.15, 0.2) is 11.5 Å². The minimum Gasteiger partial charge on any atom is -0.493 e. The number of aliphatic hydroxyl groups is 1. The lowest BCUT2D eigenvalue weighted by Gasteiger charge is -2.44. The number of nitrogens with one attached hydrogen (secondary N) is 2. The maximum absolute atomic E-state index is 13.5. The number of carbonyl (C=O) groups is 2. The van der Waals surface area contributed by atoms with Crippen LogP contribution >= 0.6 is 0 Å². The molecule has 0 radical (unpaired) electrons. The monoisotopic (exact) mass is 392 g/mol. The van der Waals surface area contributed by atoms with E-state index < -0.39 is 35.7 Å². The van der Waals surface area contributed by atoms with Gasteiger partial charge in [-0.15, -0.1) is 0 Å². The van der Waals surface area contributed by atoms with Gasteiger partial charge in [0, 0.05) is 0 Å². The molecule has 0 aromatic heterocycles. The fraction of sp³-hybridized carbons (Fsp3) is 0.500. The van der Waals surface area contributed by atoms with Crippen molar-refractivity contribution in [3.05, 3.63) is 17.7 Å². The second kappa shape index (κ2) is 7.14. The van der Waals surface area contributed by atoms with E-state index in [-0.39, 0.29) is 22.8 Å². The van der Waals surface area contributed by atoms with Crippen LogP contribution in [0.3, 0.4) is 0 Å². The number of carbonyl (C=O) groups excluding carboxylic acids is 2. The fourth-order valence-electron chi connectivity index (χ4n) is 3.09. The van der Waals surface area contributed by atoms with Gasteiger partial charge in [-0.1, -0.05) is 0 Å². The molecule has 1 aliphatic rings. The van der Waals surface area contributed by atoms with Crippen LogP contribution in [-0.2, 0) is 4.79 Å². The molecule has 11 heteroatoms.